The molecule has 7 heteroatoms. The molecule has 0 unspecified atom stereocenters. The Balaban J connectivity index is 1.63. The topological polar surface area (TPSA) is 93.5 Å². The monoisotopic (exact) mass is 439 g/mol. The van der Waals surface area contributed by atoms with Gasteiger partial charge in [0.05, 0.1) is 36.0 Å². The van der Waals surface area contributed by atoms with E-state index in [9.17, 15) is 14.7 Å². The van der Waals surface area contributed by atoms with Gasteiger partial charge in [-0.15, -0.1) is 0 Å². The van der Waals surface area contributed by atoms with Gasteiger partial charge in [0, 0.05) is 12.1 Å². The molecule has 0 spiro atoms. The molecule has 164 valence electrons. The number of carbonyl (C=O) groups is 2. The third kappa shape index (κ3) is 3.74. The zero-order valence-corrected chi connectivity index (χ0v) is 17.8. The molecule has 0 amide bonds. The molecule has 33 heavy (non-hydrogen) atoms. The average Bonchev–Trinajstić information content (AvgIpc) is 3.17. The van der Waals surface area contributed by atoms with Crippen molar-refractivity contribution in [1.82, 2.24) is 9.55 Å². The lowest BCUT2D eigenvalue weighted by atomic mass is 9.93. The van der Waals surface area contributed by atoms with Gasteiger partial charge >= 0.3 is 5.97 Å². The second-order valence-electron chi connectivity index (χ2n) is 7.65. The van der Waals surface area contributed by atoms with Gasteiger partial charge in [0.15, 0.2) is 0 Å². The van der Waals surface area contributed by atoms with E-state index in [1.54, 1.807) is 36.7 Å². The lowest BCUT2D eigenvalue weighted by molar-refractivity contribution is -0.255. The van der Waals surface area contributed by atoms with E-state index in [1.807, 2.05) is 34.9 Å². The van der Waals surface area contributed by atoms with Crippen LogP contribution in [0.1, 0.15) is 37.4 Å². The van der Waals surface area contributed by atoms with Crippen LogP contribution in [0.5, 0.6) is 5.75 Å². The highest BCUT2D eigenvalue weighted by Crippen LogP contribution is 2.37. The first-order chi connectivity index (χ1) is 16.0. The maximum Gasteiger partial charge on any atom is 0.337 e. The molecule has 0 fully saturated rings. The number of aromatic nitrogens is 2. The van der Waals surface area contributed by atoms with Crippen molar-refractivity contribution < 1.29 is 24.2 Å². The third-order valence-electron chi connectivity index (χ3n) is 5.73. The molecule has 1 aliphatic heterocycles. The zero-order chi connectivity index (χ0) is 22.9. The average molecular weight is 439 g/mol. The molecule has 0 radical (unpaired) electrons. The Bertz CT molecular complexity index is 1430. The molecule has 0 atom stereocenters. The van der Waals surface area contributed by atoms with E-state index in [0.717, 1.165) is 27.7 Å². The van der Waals surface area contributed by atoms with Crippen LogP contribution in [0.15, 0.2) is 73.1 Å². The number of imidazole rings is 1. The SMILES string of the molecule is COC(=O)c1ccc2ncn(C/C=C3\c4ccccc4COc4ccc(C(=O)[O-])cc43)c2c1. The highest BCUT2D eigenvalue weighted by atomic mass is 16.5. The van der Waals surface area contributed by atoms with Crippen molar-refractivity contribution in [2.24, 2.45) is 0 Å². The number of carboxylic acids is 1. The summed E-state index contributed by atoms with van der Waals surface area (Å²) in [4.78, 5) is 27.9. The second kappa shape index (κ2) is 8.27. The minimum atomic E-state index is -1.24. The lowest BCUT2D eigenvalue weighted by Gasteiger charge is -2.13. The van der Waals surface area contributed by atoms with Crippen LogP contribution in [0.4, 0.5) is 0 Å². The number of esters is 1. The number of hydrogen-bond donors (Lipinski definition) is 0. The normalized spacial score (nSPS) is 13.7. The standard InChI is InChI=1S/C26H20N2O5/c1-32-26(31)17-6-8-22-23(13-17)28(15-27-22)11-10-20-19-5-3-2-4-18(19)14-33-24-9-7-16(25(29)30)12-21(20)24/h2-10,12-13,15H,11,14H2,1H3,(H,29,30)/p-1/b20-10+. The zero-order valence-electron chi connectivity index (χ0n) is 17.8. The molecule has 1 aliphatic rings. The molecule has 0 saturated carbocycles. The molecule has 4 aromatic rings. The summed E-state index contributed by atoms with van der Waals surface area (Å²) < 4.78 is 12.7. The van der Waals surface area contributed by atoms with Crippen molar-refractivity contribution in [2.45, 2.75) is 13.2 Å². The fourth-order valence-electron chi connectivity index (χ4n) is 4.06. The fourth-order valence-corrected chi connectivity index (χ4v) is 4.06. The van der Waals surface area contributed by atoms with E-state index in [2.05, 4.69) is 4.98 Å². The van der Waals surface area contributed by atoms with E-state index in [-0.39, 0.29) is 5.56 Å². The number of methoxy groups -OCH3 is 1. The molecule has 0 saturated heterocycles. The summed E-state index contributed by atoms with van der Waals surface area (Å²) in [5.41, 5.74) is 5.57. The smallest absolute Gasteiger partial charge is 0.337 e. The highest BCUT2D eigenvalue weighted by molar-refractivity contribution is 5.94. The van der Waals surface area contributed by atoms with Crippen LogP contribution in [-0.2, 0) is 17.9 Å². The molecule has 5 rings (SSSR count). The summed E-state index contributed by atoms with van der Waals surface area (Å²) >= 11 is 0. The number of carboxylic acid groups (broad SMARTS) is 1. The van der Waals surface area contributed by atoms with Gasteiger partial charge in [-0.25, -0.2) is 9.78 Å². The summed E-state index contributed by atoms with van der Waals surface area (Å²) in [5, 5.41) is 11.5. The number of hydrogen-bond acceptors (Lipinski definition) is 6. The molecule has 0 N–H and O–H groups in total. The minimum absolute atomic E-state index is 0.0819. The molecule has 1 aromatic heterocycles. The largest absolute Gasteiger partial charge is 0.545 e. The van der Waals surface area contributed by atoms with Crippen LogP contribution in [0.25, 0.3) is 16.6 Å². The molecule has 3 aromatic carbocycles. The molecule has 2 heterocycles. The number of allylic oxidation sites excluding steroid dienone is 1. The number of carbonyl (C=O) groups excluding carboxylic acids is 2. The summed E-state index contributed by atoms with van der Waals surface area (Å²) in [7, 11) is 1.35. The Morgan fingerprint density at radius 1 is 1.09 bits per heavy atom. The van der Waals surface area contributed by atoms with Crippen LogP contribution in [0.2, 0.25) is 0 Å². The maximum absolute atomic E-state index is 12.0. The number of ether oxygens (including phenoxy) is 2. The van der Waals surface area contributed by atoms with E-state index < -0.39 is 11.9 Å². The predicted molar refractivity (Wildman–Crippen MR) is 120 cm³/mol. The Morgan fingerprint density at radius 2 is 1.91 bits per heavy atom. The van der Waals surface area contributed by atoms with Gasteiger partial charge in [-0.05, 0) is 58.7 Å². The minimum Gasteiger partial charge on any atom is -0.545 e. The molecular formula is C26H19N2O5-. The molecular weight excluding hydrogens is 420 g/mol. The number of nitrogens with zero attached hydrogens (tertiary/aromatic N) is 2. The number of rotatable bonds is 4. The van der Waals surface area contributed by atoms with Gasteiger partial charge in [0.2, 0.25) is 0 Å². The Kier molecular flexibility index (Phi) is 5.14. The maximum atomic E-state index is 12.0. The predicted octanol–water partition coefficient (Wildman–Crippen LogP) is 3.21. The van der Waals surface area contributed by atoms with Crippen LogP contribution >= 0.6 is 0 Å². The molecule has 0 bridgehead atoms. The Labute approximate surface area is 189 Å². The van der Waals surface area contributed by atoms with Gasteiger partial charge in [-0.3, -0.25) is 0 Å². The number of benzene rings is 3. The lowest BCUT2D eigenvalue weighted by Crippen LogP contribution is -2.22. The van der Waals surface area contributed by atoms with Crippen molar-refractivity contribution in [3.05, 3.63) is 101 Å². The summed E-state index contributed by atoms with van der Waals surface area (Å²) in [6.07, 6.45) is 3.72. The Hall–Kier alpha value is -4.39. The van der Waals surface area contributed by atoms with Gasteiger partial charge in [-0.2, -0.15) is 0 Å². The second-order valence-corrected chi connectivity index (χ2v) is 7.65. The van der Waals surface area contributed by atoms with Crippen LogP contribution < -0.4 is 9.84 Å². The van der Waals surface area contributed by atoms with Crippen LogP contribution in [-0.4, -0.2) is 28.6 Å². The fraction of sp³-hybridized carbons (Fsp3) is 0.115. The first kappa shape index (κ1) is 20.5. The number of fused-ring (bicyclic) bond motifs is 3. The summed E-state index contributed by atoms with van der Waals surface area (Å²) in [5.74, 6) is -1.06. The van der Waals surface area contributed by atoms with Crippen molar-refractivity contribution >= 4 is 28.5 Å². The third-order valence-corrected chi connectivity index (χ3v) is 5.73. The van der Waals surface area contributed by atoms with Gasteiger partial charge in [0.1, 0.15) is 12.4 Å². The van der Waals surface area contributed by atoms with Crippen molar-refractivity contribution in [3.8, 4) is 5.75 Å². The first-order valence-electron chi connectivity index (χ1n) is 10.4. The van der Waals surface area contributed by atoms with Gasteiger partial charge in [0.25, 0.3) is 0 Å². The van der Waals surface area contributed by atoms with E-state index >= 15 is 0 Å². The van der Waals surface area contributed by atoms with E-state index in [1.165, 1.54) is 13.2 Å². The van der Waals surface area contributed by atoms with Crippen LogP contribution in [0, 0.1) is 0 Å². The quantitative estimate of drug-likeness (QED) is 0.454. The van der Waals surface area contributed by atoms with E-state index in [0.29, 0.717) is 30.0 Å². The van der Waals surface area contributed by atoms with Gasteiger partial charge < -0.3 is 23.9 Å². The summed E-state index contributed by atoms with van der Waals surface area (Å²) in [6, 6.07) is 17.8. The van der Waals surface area contributed by atoms with Gasteiger partial charge in [-0.1, -0.05) is 30.3 Å². The molecule has 7 nitrogen and oxygen atoms in total. The molecule has 0 aliphatic carbocycles. The van der Waals surface area contributed by atoms with Crippen molar-refractivity contribution in [3.63, 3.8) is 0 Å². The van der Waals surface area contributed by atoms with Crippen molar-refractivity contribution in [1.29, 1.82) is 0 Å². The van der Waals surface area contributed by atoms with Crippen molar-refractivity contribution in [2.75, 3.05) is 7.11 Å². The number of aromatic carboxylic acids is 1. The highest BCUT2D eigenvalue weighted by Gasteiger charge is 2.20. The van der Waals surface area contributed by atoms with E-state index in [4.69, 9.17) is 9.47 Å². The van der Waals surface area contributed by atoms with Crippen LogP contribution in [0.3, 0.4) is 0 Å². The summed E-state index contributed by atoms with van der Waals surface area (Å²) in [6.45, 7) is 0.821. The Morgan fingerprint density at radius 3 is 2.73 bits per heavy atom. The first-order valence-corrected chi connectivity index (χ1v) is 10.4.